The lowest BCUT2D eigenvalue weighted by molar-refractivity contribution is -0.150. The molecule has 5 rings (SSSR count). The molecule has 3 aromatic rings. The summed E-state index contributed by atoms with van der Waals surface area (Å²) in [5.74, 6) is 2.13. The first-order valence-corrected chi connectivity index (χ1v) is 21.6. The van der Waals surface area contributed by atoms with Crippen molar-refractivity contribution in [3.63, 3.8) is 0 Å². The number of unbranched alkanes of at least 4 members (excludes halogenated alkanes) is 1. The summed E-state index contributed by atoms with van der Waals surface area (Å²) < 4.78 is 17.0. The van der Waals surface area contributed by atoms with Crippen molar-refractivity contribution in [2.75, 3.05) is 56.8 Å². The highest BCUT2D eigenvalue weighted by Gasteiger charge is 2.22. The Morgan fingerprint density at radius 1 is 0.768 bits per heavy atom. The minimum absolute atomic E-state index is 0.167. The zero-order valence-electron chi connectivity index (χ0n) is 33.4. The van der Waals surface area contributed by atoms with Crippen molar-refractivity contribution in [1.82, 2.24) is 9.88 Å². The maximum atomic E-state index is 12.2. The van der Waals surface area contributed by atoms with Gasteiger partial charge in [-0.2, -0.15) is 0 Å². The van der Waals surface area contributed by atoms with Crippen LogP contribution in [-0.2, 0) is 16.0 Å². The Morgan fingerprint density at radius 3 is 2.16 bits per heavy atom. The van der Waals surface area contributed by atoms with Gasteiger partial charge in [-0.1, -0.05) is 85.9 Å². The molecule has 1 saturated heterocycles. The van der Waals surface area contributed by atoms with Gasteiger partial charge in [0.25, 0.3) is 0 Å². The van der Waals surface area contributed by atoms with Crippen LogP contribution in [0.2, 0.25) is 0 Å². The van der Waals surface area contributed by atoms with E-state index < -0.39 is 0 Å². The molecule has 1 fully saturated rings. The number of nitrogens with zero attached hydrogens (tertiary/aromatic N) is 3. The highest BCUT2D eigenvalue weighted by atomic mass is 32.2. The molecule has 0 N–H and O–H groups in total. The Kier molecular flexibility index (Phi) is 19.5. The molecule has 0 bridgehead atoms. The fourth-order valence-electron chi connectivity index (χ4n) is 6.66. The van der Waals surface area contributed by atoms with Crippen LogP contribution in [0.15, 0.2) is 126 Å². The molecule has 56 heavy (non-hydrogen) atoms. The summed E-state index contributed by atoms with van der Waals surface area (Å²) in [7, 11) is 0. The zero-order chi connectivity index (χ0) is 38.9. The predicted octanol–water partition coefficient (Wildman–Crippen LogP) is 11.2. The van der Waals surface area contributed by atoms with Crippen LogP contribution in [0.4, 0.5) is 5.69 Å². The molecule has 0 aliphatic carbocycles. The van der Waals surface area contributed by atoms with Crippen molar-refractivity contribution in [2.24, 2.45) is 0 Å². The van der Waals surface area contributed by atoms with Gasteiger partial charge >= 0.3 is 5.97 Å². The number of piperazine rings is 1. The van der Waals surface area contributed by atoms with Gasteiger partial charge in [0.1, 0.15) is 5.75 Å². The lowest BCUT2D eigenvalue weighted by Gasteiger charge is -2.37. The summed E-state index contributed by atoms with van der Waals surface area (Å²) in [6.45, 7) is 8.18. The van der Waals surface area contributed by atoms with E-state index in [9.17, 15) is 4.79 Å². The average molecular weight is 776 g/mol. The summed E-state index contributed by atoms with van der Waals surface area (Å²) in [6.07, 6.45) is 36.1. The second-order valence-corrected chi connectivity index (χ2v) is 15.1. The smallest absolute Gasteiger partial charge is 0.308 e. The fourth-order valence-corrected chi connectivity index (χ4v) is 7.74. The molecule has 0 amide bonds. The molecule has 2 aromatic carbocycles. The van der Waals surface area contributed by atoms with Crippen molar-refractivity contribution in [2.45, 2.75) is 82.4 Å². The van der Waals surface area contributed by atoms with Gasteiger partial charge in [0.15, 0.2) is 0 Å². The number of rotatable bonds is 24. The number of carbonyl (C=O) groups is 1. The van der Waals surface area contributed by atoms with Crippen molar-refractivity contribution in [1.29, 1.82) is 0 Å². The van der Waals surface area contributed by atoms with Crippen LogP contribution in [0.25, 0.3) is 10.9 Å². The molecular weight excluding hydrogens is 715 g/mol. The number of carbonyl (C=O) groups excluding carboxylic acids is 1. The molecule has 298 valence electrons. The van der Waals surface area contributed by atoms with Gasteiger partial charge in [-0.05, 0) is 107 Å². The quantitative estimate of drug-likeness (QED) is 0.0386. The van der Waals surface area contributed by atoms with Crippen molar-refractivity contribution < 1.29 is 19.0 Å². The summed E-state index contributed by atoms with van der Waals surface area (Å²) in [4.78, 5) is 23.4. The number of hydrogen-bond acceptors (Lipinski definition) is 8. The van der Waals surface area contributed by atoms with Crippen LogP contribution in [0.1, 0.15) is 76.7 Å². The van der Waals surface area contributed by atoms with E-state index in [-0.39, 0.29) is 12.8 Å². The Balaban J connectivity index is 0.877. The van der Waals surface area contributed by atoms with Crippen molar-refractivity contribution in [3.8, 4) is 11.6 Å². The number of anilines is 1. The van der Waals surface area contributed by atoms with Gasteiger partial charge in [-0.25, -0.2) is 4.98 Å². The van der Waals surface area contributed by atoms with E-state index in [2.05, 4.69) is 107 Å². The van der Waals surface area contributed by atoms with Crippen LogP contribution in [0.5, 0.6) is 11.6 Å². The molecule has 0 atom stereocenters. The minimum Gasteiger partial charge on any atom is -0.494 e. The number of esters is 1. The molecule has 0 saturated carbocycles. The van der Waals surface area contributed by atoms with Crippen LogP contribution in [0, 0.1) is 0 Å². The first-order chi connectivity index (χ1) is 27.7. The fraction of sp³-hybridized carbons (Fsp3) is 0.417. The van der Waals surface area contributed by atoms with E-state index in [1.165, 1.54) is 22.8 Å². The summed E-state index contributed by atoms with van der Waals surface area (Å²) in [5, 5.41) is 0.997. The summed E-state index contributed by atoms with van der Waals surface area (Å²) in [5.41, 5.74) is 3.79. The Morgan fingerprint density at radius 2 is 1.45 bits per heavy atom. The lowest BCUT2D eigenvalue weighted by atomic mass is 10.1. The molecule has 2 aliphatic heterocycles. The van der Waals surface area contributed by atoms with Crippen LogP contribution in [0.3, 0.4) is 0 Å². The molecule has 3 heterocycles. The number of ether oxygens (including phenoxy) is 3. The molecule has 2 aliphatic rings. The normalized spacial score (nSPS) is 15.2. The maximum Gasteiger partial charge on any atom is 0.308 e. The Labute approximate surface area is 339 Å². The van der Waals surface area contributed by atoms with Crippen molar-refractivity contribution >= 4 is 34.3 Å². The topological polar surface area (TPSA) is 64.1 Å². The molecule has 0 spiro atoms. The first-order valence-electron chi connectivity index (χ1n) is 20.6. The number of hydrogen-bond donors (Lipinski definition) is 0. The van der Waals surface area contributed by atoms with E-state index >= 15 is 0 Å². The molecule has 7 nitrogen and oxygen atoms in total. The average Bonchev–Trinajstić information content (AvgIpc) is 3.71. The second-order valence-electron chi connectivity index (χ2n) is 14.0. The number of thioether (sulfide) groups is 1. The predicted molar refractivity (Wildman–Crippen MR) is 235 cm³/mol. The van der Waals surface area contributed by atoms with E-state index in [1.54, 1.807) is 11.6 Å². The Bertz CT molecular complexity index is 1810. The first kappa shape index (κ1) is 42.6. The number of aromatic nitrogens is 1. The third-order valence-electron chi connectivity index (χ3n) is 9.74. The molecule has 0 unspecified atom stereocenters. The van der Waals surface area contributed by atoms with Gasteiger partial charge in [0.2, 0.25) is 12.7 Å². The Hall–Kier alpha value is -4.53. The van der Waals surface area contributed by atoms with Crippen LogP contribution < -0.4 is 14.4 Å². The highest BCUT2D eigenvalue weighted by Crippen LogP contribution is 2.37. The SMILES string of the molecule is CC/C=C\C/C=C\C/C=C\C/C=C\C/C=C\C/C=C\CCC(=O)OCOc1ccc2ccc(OCCCCN3CCN(c4cccc5c4CCS5)CC3)cc2n1. The van der Waals surface area contributed by atoms with Crippen LogP contribution >= 0.6 is 11.8 Å². The largest absolute Gasteiger partial charge is 0.494 e. The monoisotopic (exact) mass is 775 g/mol. The highest BCUT2D eigenvalue weighted by molar-refractivity contribution is 7.99. The molecular formula is C48H61N3O4S. The number of pyridine rings is 1. The van der Waals surface area contributed by atoms with E-state index in [1.807, 2.05) is 42.1 Å². The van der Waals surface area contributed by atoms with Crippen molar-refractivity contribution in [3.05, 3.63) is 127 Å². The molecule has 1 aromatic heterocycles. The van der Waals surface area contributed by atoms with E-state index in [4.69, 9.17) is 14.2 Å². The second kappa shape index (κ2) is 25.6. The number of fused-ring (bicyclic) bond motifs is 2. The number of allylic oxidation sites excluding steroid dienone is 12. The number of benzene rings is 2. The molecule has 0 radical (unpaired) electrons. The van der Waals surface area contributed by atoms with Crippen LogP contribution in [-0.4, -0.2) is 67.7 Å². The third-order valence-corrected chi connectivity index (χ3v) is 10.8. The van der Waals surface area contributed by atoms with E-state index in [0.717, 1.165) is 101 Å². The lowest BCUT2D eigenvalue weighted by Crippen LogP contribution is -2.47. The molecule has 8 heteroatoms. The zero-order valence-corrected chi connectivity index (χ0v) is 34.2. The van der Waals surface area contributed by atoms with Gasteiger partial charge in [0.05, 0.1) is 12.1 Å². The van der Waals surface area contributed by atoms with E-state index in [0.29, 0.717) is 25.3 Å². The minimum atomic E-state index is -0.294. The maximum absolute atomic E-state index is 12.2. The van der Waals surface area contributed by atoms with Gasteiger partial charge in [-0.3, -0.25) is 9.69 Å². The standard InChI is InChI=1S/C48H61N3O4S/c1-2-3-4-5-6-7-8-9-10-11-12-13-14-15-16-17-18-19-20-26-48(52)55-40-54-47-30-28-41-27-29-42(39-44(41)49-47)53-37-22-21-32-50-33-35-51(36-34-50)45-24-23-25-46-43(45)31-38-56-46/h3-4,6-7,9-10,12-13,15-16,18-19,23-25,27-30,39H,2,5,8,11,14,17,20-22,26,31-38,40H2,1H3/b4-3-,7-6-,10-9-,13-12-,16-15-,19-18-. The van der Waals surface area contributed by atoms with Gasteiger partial charge < -0.3 is 19.1 Å². The summed E-state index contributed by atoms with van der Waals surface area (Å²) in [6, 6.07) is 16.5. The summed E-state index contributed by atoms with van der Waals surface area (Å²) >= 11 is 1.99. The third kappa shape index (κ3) is 15.5. The van der Waals surface area contributed by atoms with Gasteiger partial charge in [0, 0.05) is 66.5 Å². The van der Waals surface area contributed by atoms with Gasteiger partial charge in [-0.15, -0.1) is 11.8 Å².